The van der Waals surface area contributed by atoms with Crippen LogP contribution in [0.15, 0.2) is 24.3 Å². The van der Waals surface area contributed by atoms with Crippen LogP contribution in [0, 0.1) is 6.92 Å². The Hall–Kier alpha value is -1.11. The van der Waals surface area contributed by atoms with Gasteiger partial charge in [-0.1, -0.05) is 37.3 Å². The fourth-order valence-electron chi connectivity index (χ4n) is 0.820. The minimum Gasteiger partial charge on any atom is -0.303 e. The van der Waals surface area contributed by atoms with Crippen molar-refractivity contribution in [3.05, 3.63) is 35.4 Å². The number of hydrogen-bond donors (Lipinski definition) is 0. The van der Waals surface area contributed by atoms with Crippen molar-refractivity contribution in [3.63, 3.8) is 0 Å². The Morgan fingerprint density at radius 1 is 1.27 bits per heavy atom. The second-order valence-electron chi connectivity index (χ2n) is 2.36. The first-order chi connectivity index (χ1) is 4.83. The highest BCUT2D eigenvalue weighted by molar-refractivity contribution is 5.54. The molecule has 1 heteroatoms. The SMILES string of the molecule is C.Cc1ccc(CC=O)cc1. The van der Waals surface area contributed by atoms with Gasteiger partial charge < -0.3 is 4.79 Å². The van der Waals surface area contributed by atoms with E-state index in [2.05, 4.69) is 0 Å². The Kier molecular flexibility index (Phi) is 4.20. The predicted molar refractivity (Wildman–Crippen MR) is 47.7 cm³/mol. The van der Waals surface area contributed by atoms with Gasteiger partial charge in [0.25, 0.3) is 0 Å². The molecule has 0 aliphatic rings. The van der Waals surface area contributed by atoms with E-state index < -0.39 is 0 Å². The summed E-state index contributed by atoms with van der Waals surface area (Å²) in [5, 5.41) is 0. The van der Waals surface area contributed by atoms with Crippen LogP contribution in [0.1, 0.15) is 18.6 Å². The van der Waals surface area contributed by atoms with Gasteiger partial charge in [-0.2, -0.15) is 0 Å². The Morgan fingerprint density at radius 3 is 2.27 bits per heavy atom. The topological polar surface area (TPSA) is 17.1 Å². The van der Waals surface area contributed by atoms with Crippen molar-refractivity contribution in [3.8, 4) is 0 Å². The number of hydrogen-bond acceptors (Lipinski definition) is 1. The summed E-state index contributed by atoms with van der Waals surface area (Å²) in [6, 6.07) is 7.98. The average Bonchev–Trinajstić information content (AvgIpc) is 1.95. The zero-order chi connectivity index (χ0) is 7.40. The van der Waals surface area contributed by atoms with Crippen molar-refractivity contribution in [1.29, 1.82) is 0 Å². The van der Waals surface area contributed by atoms with Gasteiger partial charge in [-0.3, -0.25) is 0 Å². The maximum atomic E-state index is 10.1. The van der Waals surface area contributed by atoms with E-state index in [4.69, 9.17) is 0 Å². The number of aryl methyl sites for hydroxylation is 1. The van der Waals surface area contributed by atoms with Gasteiger partial charge >= 0.3 is 0 Å². The average molecular weight is 150 g/mol. The number of aldehydes is 1. The molecule has 0 amide bonds. The van der Waals surface area contributed by atoms with Crippen molar-refractivity contribution in [2.24, 2.45) is 0 Å². The second-order valence-corrected chi connectivity index (χ2v) is 2.36. The molecule has 0 heterocycles. The Morgan fingerprint density at radius 2 is 1.82 bits per heavy atom. The monoisotopic (exact) mass is 150 g/mol. The molecular weight excluding hydrogens is 136 g/mol. The van der Waals surface area contributed by atoms with Crippen LogP contribution >= 0.6 is 0 Å². The molecule has 60 valence electrons. The molecule has 1 aromatic carbocycles. The van der Waals surface area contributed by atoms with Crippen molar-refractivity contribution in [2.75, 3.05) is 0 Å². The summed E-state index contributed by atoms with van der Waals surface area (Å²) in [5.74, 6) is 0. The zero-order valence-corrected chi connectivity index (χ0v) is 6.00. The van der Waals surface area contributed by atoms with Gasteiger partial charge in [0.1, 0.15) is 6.29 Å². The van der Waals surface area contributed by atoms with E-state index >= 15 is 0 Å². The van der Waals surface area contributed by atoms with E-state index in [-0.39, 0.29) is 7.43 Å². The third-order valence-corrected chi connectivity index (χ3v) is 1.44. The van der Waals surface area contributed by atoms with E-state index in [1.54, 1.807) is 0 Å². The first kappa shape index (κ1) is 9.89. The molecule has 0 aromatic heterocycles. The highest BCUT2D eigenvalue weighted by Crippen LogP contribution is 2.01. The van der Waals surface area contributed by atoms with Crippen LogP contribution in [0.5, 0.6) is 0 Å². The van der Waals surface area contributed by atoms with Crippen LogP contribution in [0.25, 0.3) is 0 Å². The molecule has 0 saturated carbocycles. The van der Waals surface area contributed by atoms with E-state index in [1.807, 2.05) is 31.2 Å². The summed E-state index contributed by atoms with van der Waals surface area (Å²) in [5.41, 5.74) is 2.32. The molecule has 1 nitrogen and oxygen atoms in total. The van der Waals surface area contributed by atoms with Gasteiger partial charge in [0, 0.05) is 6.42 Å². The molecule has 0 atom stereocenters. The van der Waals surface area contributed by atoms with Crippen LogP contribution in [-0.2, 0) is 11.2 Å². The minimum atomic E-state index is 0. The van der Waals surface area contributed by atoms with Gasteiger partial charge in [-0.05, 0) is 12.5 Å². The van der Waals surface area contributed by atoms with Gasteiger partial charge in [0.05, 0.1) is 0 Å². The summed E-state index contributed by atoms with van der Waals surface area (Å²) >= 11 is 0. The largest absolute Gasteiger partial charge is 0.303 e. The molecule has 0 unspecified atom stereocenters. The van der Waals surface area contributed by atoms with E-state index in [1.165, 1.54) is 5.56 Å². The highest BCUT2D eigenvalue weighted by atomic mass is 16.1. The maximum Gasteiger partial charge on any atom is 0.124 e. The Bertz CT molecular complexity index is 211. The maximum absolute atomic E-state index is 10.1. The third-order valence-electron chi connectivity index (χ3n) is 1.44. The fourth-order valence-corrected chi connectivity index (χ4v) is 0.820. The Labute approximate surface area is 68.1 Å². The quantitative estimate of drug-likeness (QED) is 0.591. The molecule has 0 saturated heterocycles. The van der Waals surface area contributed by atoms with Crippen LogP contribution in [-0.4, -0.2) is 6.29 Å². The zero-order valence-electron chi connectivity index (χ0n) is 6.00. The first-order valence-corrected chi connectivity index (χ1v) is 3.32. The smallest absolute Gasteiger partial charge is 0.124 e. The summed E-state index contributed by atoms with van der Waals surface area (Å²) in [7, 11) is 0. The van der Waals surface area contributed by atoms with Crippen LogP contribution in [0.2, 0.25) is 0 Å². The fraction of sp³-hybridized carbons (Fsp3) is 0.300. The number of carbonyl (C=O) groups excluding carboxylic acids is 1. The summed E-state index contributed by atoms with van der Waals surface area (Å²) < 4.78 is 0. The van der Waals surface area contributed by atoms with Crippen LogP contribution in [0.3, 0.4) is 0 Å². The minimum absolute atomic E-state index is 0. The van der Waals surface area contributed by atoms with Crippen molar-refractivity contribution in [2.45, 2.75) is 20.8 Å². The second kappa shape index (κ2) is 4.67. The first-order valence-electron chi connectivity index (χ1n) is 3.32. The lowest BCUT2D eigenvalue weighted by molar-refractivity contribution is -0.107. The van der Waals surface area contributed by atoms with Gasteiger partial charge in [-0.25, -0.2) is 0 Å². The molecule has 0 bridgehead atoms. The van der Waals surface area contributed by atoms with Gasteiger partial charge in [0.15, 0.2) is 0 Å². The van der Waals surface area contributed by atoms with Crippen molar-refractivity contribution >= 4 is 6.29 Å². The van der Waals surface area contributed by atoms with E-state index in [9.17, 15) is 4.79 Å². The molecular formula is C10H14O. The molecule has 0 aliphatic heterocycles. The van der Waals surface area contributed by atoms with Gasteiger partial charge in [0.2, 0.25) is 0 Å². The third kappa shape index (κ3) is 2.99. The summed E-state index contributed by atoms with van der Waals surface area (Å²) in [6.45, 7) is 2.03. The summed E-state index contributed by atoms with van der Waals surface area (Å²) in [4.78, 5) is 10.1. The molecule has 0 fully saturated rings. The number of benzene rings is 1. The highest BCUT2D eigenvalue weighted by Gasteiger charge is 1.88. The molecule has 0 N–H and O–H groups in total. The van der Waals surface area contributed by atoms with Crippen molar-refractivity contribution < 1.29 is 4.79 Å². The van der Waals surface area contributed by atoms with E-state index in [0.29, 0.717) is 6.42 Å². The lowest BCUT2D eigenvalue weighted by atomic mass is 10.1. The molecule has 1 rings (SSSR count). The van der Waals surface area contributed by atoms with E-state index in [0.717, 1.165) is 11.8 Å². The van der Waals surface area contributed by atoms with Crippen LogP contribution in [0.4, 0.5) is 0 Å². The lowest BCUT2D eigenvalue weighted by Crippen LogP contribution is -1.84. The van der Waals surface area contributed by atoms with Crippen molar-refractivity contribution in [1.82, 2.24) is 0 Å². The molecule has 0 radical (unpaired) electrons. The standard InChI is InChI=1S/C9H10O.CH4/c1-8-2-4-9(5-3-8)6-7-10;/h2-5,7H,6H2,1H3;1H4. The lowest BCUT2D eigenvalue weighted by Gasteiger charge is -1.93. The van der Waals surface area contributed by atoms with Crippen LogP contribution < -0.4 is 0 Å². The Balaban J connectivity index is 0.000001000. The molecule has 0 aliphatic carbocycles. The van der Waals surface area contributed by atoms with Gasteiger partial charge in [-0.15, -0.1) is 0 Å². The molecule has 1 aromatic rings. The number of carbonyl (C=O) groups is 1. The molecule has 0 spiro atoms. The summed E-state index contributed by atoms with van der Waals surface area (Å²) in [6.07, 6.45) is 1.45. The normalized spacial score (nSPS) is 8.45. The molecule has 11 heavy (non-hydrogen) atoms. The number of rotatable bonds is 2. The predicted octanol–water partition coefficient (Wildman–Crippen LogP) is 2.37.